The van der Waals surface area contributed by atoms with E-state index in [1.807, 2.05) is 38.1 Å². The van der Waals surface area contributed by atoms with Crippen LogP contribution in [0.3, 0.4) is 0 Å². The molecule has 1 aliphatic rings. The van der Waals surface area contributed by atoms with Gasteiger partial charge >= 0.3 is 0 Å². The first kappa shape index (κ1) is 14.9. The third-order valence-corrected chi connectivity index (χ3v) is 4.23. The normalized spacial score (nSPS) is 17.5. The molecule has 22 heavy (non-hydrogen) atoms. The molecule has 3 heterocycles. The monoisotopic (exact) mass is 298 g/mol. The van der Waals surface area contributed by atoms with Crippen LogP contribution in [0.5, 0.6) is 0 Å². The fourth-order valence-electron chi connectivity index (χ4n) is 3.06. The molecule has 1 fully saturated rings. The molecule has 1 N–H and O–H groups in total. The van der Waals surface area contributed by atoms with E-state index in [0.29, 0.717) is 0 Å². The van der Waals surface area contributed by atoms with Gasteiger partial charge in [0, 0.05) is 30.7 Å². The van der Waals surface area contributed by atoms with Gasteiger partial charge in [-0.3, -0.25) is 4.98 Å². The Morgan fingerprint density at radius 2 is 1.82 bits per heavy atom. The van der Waals surface area contributed by atoms with E-state index in [9.17, 15) is 5.11 Å². The van der Waals surface area contributed by atoms with E-state index in [0.717, 1.165) is 49.0 Å². The average molecular weight is 298 g/mol. The zero-order chi connectivity index (χ0) is 15.5. The zero-order valence-corrected chi connectivity index (χ0v) is 13.1. The van der Waals surface area contributed by atoms with Crippen LogP contribution in [-0.4, -0.2) is 33.1 Å². The summed E-state index contributed by atoms with van der Waals surface area (Å²) < 4.78 is 0. The number of hydrogen-bond acceptors (Lipinski definition) is 5. The molecule has 0 spiro atoms. The molecule has 0 bridgehead atoms. The molecule has 5 nitrogen and oxygen atoms in total. The number of nitrogens with zero attached hydrogens (tertiary/aromatic N) is 4. The second-order valence-electron chi connectivity index (χ2n) is 5.97. The summed E-state index contributed by atoms with van der Waals surface area (Å²) in [4.78, 5) is 15.5. The number of hydrogen-bond donors (Lipinski definition) is 1. The summed E-state index contributed by atoms with van der Waals surface area (Å²) in [5.41, 5.74) is 2.76. The highest BCUT2D eigenvalue weighted by atomic mass is 16.3. The average Bonchev–Trinajstić information content (AvgIpc) is 2.54. The maximum Gasteiger partial charge on any atom is 0.225 e. The molecule has 0 aliphatic carbocycles. The summed E-state index contributed by atoms with van der Waals surface area (Å²) in [5.74, 6) is 1.06. The molecule has 2 aromatic heterocycles. The zero-order valence-electron chi connectivity index (χ0n) is 13.1. The van der Waals surface area contributed by atoms with E-state index >= 15 is 0 Å². The smallest absolute Gasteiger partial charge is 0.225 e. The van der Waals surface area contributed by atoms with Gasteiger partial charge in [0.25, 0.3) is 0 Å². The number of aryl methyl sites for hydroxylation is 2. The Morgan fingerprint density at radius 3 is 2.41 bits per heavy atom. The minimum absolute atomic E-state index is 0.247. The lowest BCUT2D eigenvalue weighted by molar-refractivity contribution is 0.0889. The fraction of sp³-hybridized carbons (Fsp3) is 0.471. The Balaban J connectivity index is 1.65. The van der Waals surface area contributed by atoms with Gasteiger partial charge in [-0.05, 0) is 50.8 Å². The molecule has 1 atom stereocenters. The van der Waals surface area contributed by atoms with Crippen LogP contribution >= 0.6 is 0 Å². The van der Waals surface area contributed by atoms with Gasteiger partial charge in [0.2, 0.25) is 5.95 Å². The SMILES string of the molecule is Cc1cc(C)nc(N2CCC([C@H](O)c3ccccn3)CC2)n1. The summed E-state index contributed by atoms with van der Waals surface area (Å²) in [6.07, 6.45) is 3.10. The summed E-state index contributed by atoms with van der Waals surface area (Å²) in [6.45, 7) is 5.74. The molecule has 0 amide bonds. The second kappa shape index (κ2) is 6.40. The van der Waals surface area contributed by atoms with Crippen molar-refractivity contribution in [3.8, 4) is 0 Å². The van der Waals surface area contributed by atoms with E-state index in [-0.39, 0.29) is 5.92 Å². The number of rotatable bonds is 3. The molecule has 0 saturated carbocycles. The van der Waals surface area contributed by atoms with Crippen LogP contribution in [0.25, 0.3) is 0 Å². The van der Waals surface area contributed by atoms with Crippen molar-refractivity contribution in [1.82, 2.24) is 15.0 Å². The van der Waals surface area contributed by atoms with Crippen LogP contribution in [0, 0.1) is 19.8 Å². The third-order valence-electron chi connectivity index (χ3n) is 4.23. The molecule has 0 unspecified atom stereocenters. The van der Waals surface area contributed by atoms with E-state index in [1.54, 1.807) is 6.20 Å². The Bertz CT molecular complexity index is 604. The number of pyridine rings is 1. The summed E-state index contributed by atoms with van der Waals surface area (Å²) >= 11 is 0. The molecule has 1 aliphatic heterocycles. The second-order valence-corrected chi connectivity index (χ2v) is 5.97. The number of anilines is 1. The van der Waals surface area contributed by atoms with Gasteiger partial charge in [0.1, 0.15) is 0 Å². The molecule has 3 rings (SSSR count). The van der Waals surface area contributed by atoms with Gasteiger partial charge in [0.15, 0.2) is 0 Å². The number of aliphatic hydroxyl groups excluding tert-OH is 1. The largest absolute Gasteiger partial charge is 0.387 e. The van der Waals surface area contributed by atoms with Crippen molar-refractivity contribution in [1.29, 1.82) is 0 Å². The first-order valence-electron chi connectivity index (χ1n) is 7.80. The highest BCUT2D eigenvalue weighted by molar-refractivity contribution is 5.32. The van der Waals surface area contributed by atoms with Gasteiger partial charge in [-0.2, -0.15) is 0 Å². The lowest BCUT2D eigenvalue weighted by Crippen LogP contribution is -2.37. The lowest BCUT2D eigenvalue weighted by atomic mass is 9.89. The molecule has 0 radical (unpaired) electrons. The minimum atomic E-state index is -0.483. The van der Waals surface area contributed by atoms with Crippen LogP contribution in [0.15, 0.2) is 30.5 Å². The van der Waals surface area contributed by atoms with Crippen LogP contribution in [0.1, 0.15) is 36.0 Å². The maximum absolute atomic E-state index is 10.5. The van der Waals surface area contributed by atoms with Crippen molar-refractivity contribution in [3.05, 3.63) is 47.5 Å². The molecular formula is C17H22N4O. The highest BCUT2D eigenvalue weighted by Crippen LogP contribution is 2.30. The van der Waals surface area contributed by atoms with Crippen molar-refractivity contribution >= 4 is 5.95 Å². The Labute approximate surface area is 131 Å². The Hall–Kier alpha value is -2.01. The minimum Gasteiger partial charge on any atom is -0.387 e. The first-order valence-corrected chi connectivity index (χ1v) is 7.80. The van der Waals surface area contributed by atoms with E-state index in [4.69, 9.17) is 0 Å². The van der Waals surface area contributed by atoms with Crippen LogP contribution in [-0.2, 0) is 0 Å². The van der Waals surface area contributed by atoms with Crippen LogP contribution < -0.4 is 4.90 Å². The Morgan fingerprint density at radius 1 is 1.14 bits per heavy atom. The van der Waals surface area contributed by atoms with Crippen molar-refractivity contribution < 1.29 is 5.11 Å². The first-order chi connectivity index (χ1) is 10.6. The van der Waals surface area contributed by atoms with Crippen molar-refractivity contribution in [2.75, 3.05) is 18.0 Å². The number of piperidine rings is 1. The third kappa shape index (κ3) is 3.25. The van der Waals surface area contributed by atoms with Gasteiger partial charge in [-0.25, -0.2) is 9.97 Å². The predicted molar refractivity (Wildman–Crippen MR) is 85.6 cm³/mol. The number of aliphatic hydroxyl groups is 1. The van der Waals surface area contributed by atoms with E-state index in [2.05, 4.69) is 19.9 Å². The van der Waals surface area contributed by atoms with E-state index in [1.165, 1.54) is 0 Å². The molecule has 1 saturated heterocycles. The van der Waals surface area contributed by atoms with E-state index < -0.39 is 6.10 Å². The molecule has 0 aromatic carbocycles. The maximum atomic E-state index is 10.5. The van der Waals surface area contributed by atoms with Crippen LogP contribution in [0.4, 0.5) is 5.95 Å². The Kier molecular flexibility index (Phi) is 4.34. The molecule has 116 valence electrons. The van der Waals surface area contributed by atoms with Crippen LogP contribution in [0.2, 0.25) is 0 Å². The summed E-state index contributed by atoms with van der Waals surface area (Å²) in [6, 6.07) is 7.67. The predicted octanol–water partition coefficient (Wildman–Crippen LogP) is 2.44. The highest BCUT2D eigenvalue weighted by Gasteiger charge is 2.27. The summed E-state index contributed by atoms with van der Waals surface area (Å²) in [7, 11) is 0. The number of aromatic nitrogens is 3. The van der Waals surface area contributed by atoms with Crippen molar-refractivity contribution in [3.63, 3.8) is 0 Å². The quantitative estimate of drug-likeness (QED) is 0.943. The van der Waals surface area contributed by atoms with Gasteiger partial charge in [0.05, 0.1) is 11.8 Å². The summed E-state index contributed by atoms with van der Waals surface area (Å²) in [5, 5.41) is 10.5. The van der Waals surface area contributed by atoms with Gasteiger partial charge < -0.3 is 10.0 Å². The van der Waals surface area contributed by atoms with Gasteiger partial charge in [-0.15, -0.1) is 0 Å². The lowest BCUT2D eigenvalue weighted by Gasteiger charge is -2.34. The topological polar surface area (TPSA) is 62.1 Å². The molecule has 5 heteroatoms. The standard InChI is InChI=1S/C17H22N4O/c1-12-11-13(2)20-17(19-12)21-9-6-14(7-10-21)16(22)15-5-3-4-8-18-15/h3-5,8,11,14,16,22H,6-7,9-10H2,1-2H3/t16-/m0/s1. The van der Waals surface area contributed by atoms with Gasteiger partial charge in [-0.1, -0.05) is 6.07 Å². The van der Waals surface area contributed by atoms with Crippen molar-refractivity contribution in [2.24, 2.45) is 5.92 Å². The fourth-order valence-corrected chi connectivity index (χ4v) is 3.06. The molecule has 2 aromatic rings. The van der Waals surface area contributed by atoms with Crippen molar-refractivity contribution in [2.45, 2.75) is 32.8 Å². The molecular weight excluding hydrogens is 276 g/mol.